The Morgan fingerprint density at radius 1 is 1.41 bits per heavy atom. The molecule has 1 aliphatic carbocycles. The van der Waals surface area contributed by atoms with Crippen LogP contribution in [-0.4, -0.2) is 14.2 Å². The molecule has 5 nitrogen and oxygen atoms in total. The first-order valence-electron chi connectivity index (χ1n) is 5.54. The van der Waals surface area contributed by atoms with Gasteiger partial charge in [0.2, 0.25) is 0 Å². The zero-order chi connectivity index (χ0) is 11.8. The molecular weight excluding hydrogens is 236 g/mol. The van der Waals surface area contributed by atoms with Crippen LogP contribution in [0.2, 0.25) is 0 Å². The average Bonchev–Trinajstić information content (AvgIpc) is 2.92. The molecule has 0 amide bonds. The molecule has 0 spiro atoms. The van der Waals surface area contributed by atoms with Crippen LogP contribution in [0.5, 0.6) is 0 Å². The highest BCUT2D eigenvalue weighted by molar-refractivity contribution is 7.09. The van der Waals surface area contributed by atoms with Crippen LogP contribution in [0.1, 0.15) is 23.4 Å². The van der Waals surface area contributed by atoms with Crippen LogP contribution in [-0.2, 0) is 19.4 Å². The van der Waals surface area contributed by atoms with E-state index in [0.29, 0.717) is 17.2 Å². The van der Waals surface area contributed by atoms with Gasteiger partial charge in [0.25, 0.3) is 5.56 Å². The summed E-state index contributed by atoms with van der Waals surface area (Å²) in [6, 6.07) is 3.56. The topological polar surface area (TPSA) is 73.8 Å². The molecule has 0 saturated carbocycles. The lowest BCUT2D eigenvalue weighted by atomic mass is 10.2. The van der Waals surface area contributed by atoms with Crippen molar-refractivity contribution in [1.82, 2.24) is 14.2 Å². The van der Waals surface area contributed by atoms with Gasteiger partial charge in [0.05, 0.1) is 6.54 Å². The minimum absolute atomic E-state index is 0.0121. The van der Waals surface area contributed by atoms with E-state index < -0.39 is 0 Å². The van der Waals surface area contributed by atoms with Crippen molar-refractivity contribution in [2.24, 2.45) is 0 Å². The van der Waals surface area contributed by atoms with E-state index in [1.54, 1.807) is 10.6 Å². The molecule has 0 fully saturated rings. The van der Waals surface area contributed by atoms with E-state index in [-0.39, 0.29) is 5.56 Å². The number of rotatable bonds is 2. The summed E-state index contributed by atoms with van der Waals surface area (Å²) in [5.41, 5.74) is 8.87. The van der Waals surface area contributed by atoms with Crippen LogP contribution >= 0.6 is 11.5 Å². The third-order valence-electron chi connectivity index (χ3n) is 3.14. The average molecular weight is 248 g/mol. The SMILES string of the molecule is Nc1snnc1Cn1c2c(ccc1=O)CCC2. The Morgan fingerprint density at radius 2 is 2.29 bits per heavy atom. The van der Waals surface area contributed by atoms with E-state index >= 15 is 0 Å². The highest BCUT2D eigenvalue weighted by Crippen LogP contribution is 2.21. The van der Waals surface area contributed by atoms with Gasteiger partial charge in [-0.2, -0.15) is 0 Å². The van der Waals surface area contributed by atoms with Gasteiger partial charge in [-0.1, -0.05) is 10.6 Å². The lowest BCUT2D eigenvalue weighted by Gasteiger charge is -2.10. The predicted octanol–water partition coefficient (Wildman–Crippen LogP) is 0.819. The molecule has 3 rings (SSSR count). The maximum Gasteiger partial charge on any atom is 0.251 e. The largest absolute Gasteiger partial charge is 0.388 e. The van der Waals surface area contributed by atoms with Crippen molar-refractivity contribution >= 4 is 16.5 Å². The van der Waals surface area contributed by atoms with E-state index in [1.807, 2.05) is 6.07 Å². The van der Waals surface area contributed by atoms with Gasteiger partial charge in [-0.15, -0.1) is 5.10 Å². The van der Waals surface area contributed by atoms with Gasteiger partial charge < -0.3 is 10.3 Å². The number of nitrogens with zero attached hydrogens (tertiary/aromatic N) is 3. The number of nitrogen functional groups attached to an aromatic ring is 1. The third-order valence-corrected chi connectivity index (χ3v) is 3.74. The normalized spacial score (nSPS) is 13.9. The van der Waals surface area contributed by atoms with Crippen LogP contribution in [0, 0.1) is 0 Å². The molecule has 2 N–H and O–H groups in total. The Bertz CT molecular complexity index is 616. The molecule has 2 heterocycles. The molecule has 0 unspecified atom stereocenters. The predicted molar refractivity (Wildman–Crippen MR) is 66.2 cm³/mol. The summed E-state index contributed by atoms with van der Waals surface area (Å²) in [4.78, 5) is 11.9. The second-order valence-electron chi connectivity index (χ2n) is 4.17. The summed E-state index contributed by atoms with van der Waals surface area (Å²) < 4.78 is 5.57. The van der Waals surface area contributed by atoms with Gasteiger partial charge in [0.1, 0.15) is 10.7 Å². The van der Waals surface area contributed by atoms with Crippen LogP contribution < -0.4 is 11.3 Å². The van der Waals surface area contributed by atoms with Crippen molar-refractivity contribution in [2.75, 3.05) is 5.73 Å². The molecule has 17 heavy (non-hydrogen) atoms. The van der Waals surface area contributed by atoms with Gasteiger partial charge >= 0.3 is 0 Å². The minimum atomic E-state index is 0.0121. The van der Waals surface area contributed by atoms with Crippen LogP contribution in [0.25, 0.3) is 0 Å². The fourth-order valence-electron chi connectivity index (χ4n) is 2.28. The second kappa shape index (κ2) is 3.96. The highest BCUT2D eigenvalue weighted by atomic mass is 32.1. The van der Waals surface area contributed by atoms with Crippen molar-refractivity contribution < 1.29 is 0 Å². The van der Waals surface area contributed by atoms with Crippen molar-refractivity contribution in [1.29, 1.82) is 0 Å². The Labute approximate surface area is 102 Å². The van der Waals surface area contributed by atoms with Crippen molar-refractivity contribution in [3.05, 3.63) is 39.4 Å². The summed E-state index contributed by atoms with van der Waals surface area (Å²) in [5, 5.41) is 4.55. The zero-order valence-electron chi connectivity index (χ0n) is 9.22. The zero-order valence-corrected chi connectivity index (χ0v) is 10.0. The quantitative estimate of drug-likeness (QED) is 0.854. The van der Waals surface area contributed by atoms with Gasteiger partial charge in [0.15, 0.2) is 0 Å². The van der Waals surface area contributed by atoms with Crippen molar-refractivity contribution in [3.63, 3.8) is 0 Å². The first-order valence-corrected chi connectivity index (χ1v) is 6.31. The molecule has 0 aromatic carbocycles. The van der Waals surface area contributed by atoms with Crippen LogP contribution in [0.3, 0.4) is 0 Å². The molecule has 0 atom stereocenters. The summed E-state index contributed by atoms with van der Waals surface area (Å²) in [7, 11) is 0. The monoisotopic (exact) mass is 248 g/mol. The number of nitrogens with two attached hydrogens (primary N) is 1. The van der Waals surface area contributed by atoms with Crippen LogP contribution in [0.15, 0.2) is 16.9 Å². The molecule has 0 radical (unpaired) electrons. The molecule has 2 aromatic heterocycles. The number of pyridine rings is 1. The fraction of sp³-hybridized carbons (Fsp3) is 0.364. The molecule has 6 heteroatoms. The van der Waals surface area contributed by atoms with Crippen molar-refractivity contribution in [2.45, 2.75) is 25.8 Å². The van der Waals surface area contributed by atoms with Crippen LogP contribution in [0.4, 0.5) is 5.00 Å². The number of anilines is 1. The van der Waals surface area contributed by atoms with Gasteiger partial charge in [-0.05, 0) is 24.8 Å². The van der Waals surface area contributed by atoms with E-state index in [9.17, 15) is 4.79 Å². The molecule has 0 aliphatic heterocycles. The Hall–Kier alpha value is -1.69. The molecular formula is C11H12N4OS. The van der Waals surface area contributed by atoms with E-state index in [0.717, 1.165) is 36.5 Å². The van der Waals surface area contributed by atoms with Gasteiger partial charge in [-0.3, -0.25) is 4.79 Å². The minimum Gasteiger partial charge on any atom is -0.388 e. The maximum absolute atomic E-state index is 11.9. The summed E-state index contributed by atoms with van der Waals surface area (Å²) in [6.07, 6.45) is 3.13. The maximum atomic E-state index is 11.9. The van der Waals surface area contributed by atoms with Crippen molar-refractivity contribution in [3.8, 4) is 0 Å². The molecule has 0 bridgehead atoms. The van der Waals surface area contributed by atoms with E-state index in [4.69, 9.17) is 5.73 Å². The third kappa shape index (κ3) is 1.74. The number of aryl methyl sites for hydroxylation is 1. The summed E-state index contributed by atoms with van der Waals surface area (Å²) >= 11 is 1.16. The fourth-order valence-corrected chi connectivity index (χ4v) is 2.72. The molecule has 2 aromatic rings. The smallest absolute Gasteiger partial charge is 0.251 e. The van der Waals surface area contributed by atoms with E-state index in [2.05, 4.69) is 9.59 Å². The first kappa shape index (κ1) is 10.5. The number of fused-ring (bicyclic) bond motifs is 1. The molecule has 1 aliphatic rings. The highest BCUT2D eigenvalue weighted by Gasteiger charge is 2.17. The number of hydrogen-bond acceptors (Lipinski definition) is 5. The van der Waals surface area contributed by atoms with Gasteiger partial charge in [0, 0.05) is 23.3 Å². The lowest BCUT2D eigenvalue weighted by molar-refractivity contribution is 0.692. The standard InChI is InChI=1S/C11H12N4OS/c12-11-8(13-14-17-11)6-15-9-3-1-2-7(9)4-5-10(15)16/h4-5H,1-3,6,12H2. The summed E-state index contributed by atoms with van der Waals surface area (Å²) in [5.74, 6) is 0. The number of hydrogen-bond donors (Lipinski definition) is 1. The first-order chi connectivity index (χ1) is 8.25. The second-order valence-corrected chi connectivity index (χ2v) is 4.95. The molecule has 88 valence electrons. The number of aromatic nitrogens is 3. The molecule has 0 saturated heterocycles. The van der Waals surface area contributed by atoms with Gasteiger partial charge in [-0.25, -0.2) is 0 Å². The summed E-state index contributed by atoms with van der Waals surface area (Å²) in [6.45, 7) is 0.435. The Morgan fingerprint density at radius 3 is 3.06 bits per heavy atom. The Kier molecular flexibility index (Phi) is 2.44. The van der Waals surface area contributed by atoms with E-state index in [1.165, 1.54) is 5.56 Å². The lowest BCUT2D eigenvalue weighted by Crippen LogP contribution is -2.23. The Balaban J connectivity index is 2.07.